The van der Waals surface area contributed by atoms with E-state index < -0.39 is 0 Å². The molecule has 0 radical (unpaired) electrons. The molecule has 1 fully saturated rings. The molecule has 0 saturated carbocycles. The van der Waals surface area contributed by atoms with Gasteiger partial charge in [-0.3, -0.25) is 0 Å². The van der Waals surface area contributed by atoms with Gasteiger partial charge in [0.1, 0.15) is 18.1 Å². The van der Waals surface area contributed by atoms with Crippen LogP contribution in [0.1, 0.15) is 16.7 Å². The van der Waals surface area contributed by atoms with E-state index in [9.17, 15) is 0 Å². The van der Waals surface area contributed by atoms with Gasteiger partial charge in [-0.25, -0.2) is 0 Å². The van der Waals surface area contributed by atoms with Crippen LogP contribution in [0, 0.1) is 6.92 Å². The lowest BCUT2D eigenvalue weighted by Crippen LogP contribution is -2.53. The van der Waals surface area contributed by atoms with Gasteiger partial charge in [-0.1, -0.05) is 54.1 Å². The highest BCUT2D eigenvalue weighted by Crippen LogP contribution is 2.49. The number of aryl methyl sites for hydroxylation is 1. The lowest BCUT2D eigenvalue weighted by atomic mass is 9.82. The molecule has 2 heterocycles. The van der Waals surface area contributed by atoms with E-state index in [4.69, 9.17) is 14.2 Å². The first-order valence-electron chi connectivity index (χ1n) is 8.93. The number of hydrogen-bond acceptors (Lipinski definition) is 3. The first-order valence-corrected chi connectivity index (χ1v) is 8.93. The second-order valence-electron chi connectivity index (χ2n) is 7.07. The molecule has 0 atom stereocenters. The van der Waals surface area contributed by atoms with Crippen LogP contribution < -0.4 is 9.47 Å². The van der Waals surface area contributed by atoms with Gasteiger partial charge in [-0.2, -0.15) is 0 Å². The standard InChI is InChI=1S/C23H20O3/c1-16-7-9-19-20-10-8-18(25-13-17-5-3-2-4-6-17)12-22(20)26-23(14-24-15-23)21(19)11-16/h2-12H,13-15H2,1H3. The fourth-order valence-electron chi connectivity index (χ4n) is 3.68. The van der Waals surface area contributed by atoms with Crippen LogP contribution in [0.4, 0.5) is 0 Å². The summed E-state index contributed by atoms with van der Waals surface area (Å²) >= 11 is 0. The van der Waals surface area contributed by atoms with Crippen molar-refractivity contribution in [3.8, 4) is 22.6 Å². The summed E-state index contributed by atoms with van der Waals surface area (Å²) < 4.78 is 17.9. The smallest absolute Gasteiger partial charge is 0.181 e. The highest BCUT2D eigenvalue weighted by molar-refractivity contribution is 5.78. The van der Waals surface area contributed by atoms with Crippen molar-refractivity contribution >= 4 is 0 Å². The fourth-order valence-corrected chi connectivity index (χ4v) is 3.68. The van der Waals surface area contributed by atoms with Crippen LogP contribution in [0.5, 0.6) is 11.5 Å². The fraction of sp³-hybridized carbons (Fsp3) is 0.217. The summed E-state index contributed by atoms with van der Waals surface area (Å²) in [5.74, 6) is 1.69. The largest absolute Gasteiger partial charge is 0.489 e. The van der Waals surface area contributed by atoms with Crippen LogP contribution in [-0.4, -0.2) is 13.2 Å². The van der Waals surface area contributed by atoms with Crippen LogP contribution in [0.3, 0.4) is 0 Å². The minimum Gasteiger partial charge on any atom is -0.489 e. The number of hydrogen-bond donors (Lipinski definition) is 0. The lowest BCUT2D eigenvalue weighted by Gasteiger charge is -2.45. The van der Waals surface area contributed by atoms with Crippen LogP contribution in [-0.2, 0) is 16.9 Å². The average Bonchev–Trinajstić information content (AvgIpc) is 2.65. The quantitative estimate of drug-likeness (QED) is 0.679. The van der Waals surface area contributed by atoms with E-state index in [0.29, 0.717) is 19.8 Å². The molecule has 3 nitrogen and oxygen atoms in total. The Hall–Kier alpha value is -2.78. The first kappa shape index (κ1) is 15.5. The molecule has 0 N–H and O–H groups in total. The lowest BCUT2D eigenvalue weighted by molar-refractivity contribution is -0.169. The molecular weight excluding hydrogens is 324 g/mol. The summed E-state index contributed by atoms with van der Waals surface area (Å²) in [5.41, 5.74) is 5.61. The molecule has 2 aliphatic heterocycles. The van der Waals surface area contributed by atoms with Crippen molar-refractivity contribution in [3.63, 3.8) is 0 Å². The van der Waals surface area contributed by atoms with Gasteiger partial charge in [0.2, 0.25) is 0 Å². The van der Waals surface area contributed by atoms with E-state index in [1.54, 1.807) is 0 Å². The van der Waals surface area contributed by atoms with Crippen LogP contribution in [0.15, 0.2) is 66.7 Å². The first-order chi connectivity index (χ1) is 12.7. The van der Waals surface area contributed by atoms with Crippen molar-refractivity contribution in [3.05, 3.63) is 83.4 Å². The maximum atomic E-state index is 6.42. The van der Waals surface area contributed by atoms with Crippen molar-refractivity contribution < 1.29 is 14.2 Å². The molecule has 0 aliphatic carbocycles. The zero-order valence-corrected chi connectivity index (χ0v) is 14.7. The molecule has 0 unspecified atom stereocenters. The van der Waals surface area contributed by atoms with Crippen molar-refractivity contribution in [1.29, 1.82) is 0 Å². The van der Waals surface area contributed by atoms with E-state index in [2.05, 4.69) is 43.3 Å². The van der Waals surface area contributed by atoms with Gasteiger partial charge in [0.05, 0.1) is 13.2 Å². The second kappa shape index (κ2) is 5.89. The Labute approximate surface area is 153 Å². The summed E-state index contributed by atoms with van der Waals surface area (Å²) in [6.45, 7) is 3.85. The van der Waals surface area contributed by atoms with Crippen molar-refractivity contribution in [1.82, 2.24) is 0 Å². The maximum absolute atomic E-state index is 6.42. The molecule has 3 aromatic rings. The molecular formula is C23H20O3. The molecule has 3 aromatic carbocycles. The minimum atomic E-state index is -0.355. The highest BCUT2D eigenvalue weighted by atomic mass is 16.6. The molecule has 130 valence electrons. The zero-order chi connectivity index (χ0) is 17.6. The molecule has 2 aliphatic rings. The van der Waals surface area contributed by atoms with Gasteiger partial charge in [0.25, 0.3) is 0 Å². The van der Waals surface area contributed by atoms with E-state index in [0.717, 1.165) is 22.6 Å². The van der Waals surface area contributed by atoms with Gasteiger partial charge in [0.15, 0.2) is 5.60 Å². The summed E-state index contributed by atoms with van der Waals surface area (Å²) in [6, 6.07) is 22.9. The maximum Gasteiger partial charge on any atom is 0.181 e. The Morgan fingerprint density at radius 1 is 0.923 bits per heavy atom. The van der Waals surface area contributed by atoms with E-state index in [-0.39, 0.29) is 5.60 Å². The van der Waals surface area contributed by atoms with Gasteiger partial charge >= 0.3 is 0 Å². The predicted octanol–water partition coefficient (Wildman–Crippen LogP) is 4.86. The third-order valence-electron chi connectivity index (χ3n) is 5.13. The topological polar surface area (TPSA) is 27.7 Å². The average molecular weight is 344 g/mol. The van der Waals surface area contributed by atoms with Gasteiger partial charge in [0, 0.05) is 17.2 Å². The molecule has 26 heavy (non-hydrogen) atoms. The van der Waals surface area contributed by atoms with Gasteiger partial charge in [-0.15, -0.1) is 0 Å². The SMILES string of the molecule is Cc1ccc2c(c1)C1(COC1)Oc1cc(OCc3ccccc3)ccc1-2. The minimum absolute atomic E-state index is 0.355. The van der Waals surface area contributed by atoms with Crippen LogP contribution in [0.25, 0.3) is 11.1 Å². The summed E-state index contributed by atoms with van der Waals surface area (Å²) in [7, 11) is 0. The number of benzene rings is 3. The molecule has 0 bridgehead atoms. The van der Waals surface area contributed by atoms with Crippen molar-refractivity contribution in [2.24, 2.45) is 0 Å². The molecule has 0 aromatic heterocycles. The predicted molar refractivity (Wildman–Crippen MR) is 101 cm³/mol. The number of ether oxygens (including phenoxy) is 3. The van der Waals surface area contributed by atoms with E-state index in [1.807, 2.05) is 30.3 Å². The van der Waals surface area contributed by atoms with E-state index >= 15 is 0 Å². The Morgan fingerprint density at radius 2 is 1.73 bits per heavy atom. The number of fused-ring (bicyclic) bond motifs is 4. The Kier molecular flexibility index (Phi) is 3.50. The monoisotopic (exact) mass is 344 g/mol. The Balaban J connectivity index is 1.49. The Bertz CT molecular complexity index is 958. The van der Waals surface area contributed by atoms with Crippen LogP contribution >= 0.6 is 0 Å². The van der Waals surface area contributed by atoms with Crippen molar-refractivity contribution in [2.45, 2.75) is 19.1 Å². The van der Waals surface area contributed by atoms with E-state index in [1.165, 1.54) is 16.7 Å². The van der Waals surface area contributed by atoms with Crippen LogP contribution in [0.2, 0.25) is 0 Å². The summed E-state index contributed by atoms with van der Waals surface area (Å²) in [4.78, 5) is 0. The number of rotatable bonds is 3. The molecule has 0 amide bonds. The zero-order valence-electron chi connectivity index (χ0n) is 14.7. The van der Waals surface area contributed by atoms with Crippen molar-refractivity contribution in [2.75, 3.05) is 13.2 Å². The molecule has 1 spiro atoms. The third kappa shape index (κ3) is 2.47. The summed E-state index contributed by atoms with van der Waals surface area (Å²) in [5, 5.41) is 0. The van der Waals surface area contributed by atoms with Gasteiger partial charge in [-0.05, 0) is 30.2 Å². The third-order valence-corrected chi connectivity index (χ3v) is 5.13. The van der Waals surface area contributed by atoms with Gasteiger partial charge < -0.3 is 14.2 Å². The second-order valence-corrected chi connectivity index (χ2v) is 7.07. The molecule has 3 heteroatoms. The highest BCUT2D eigenvalue weighted by Gasteiger charge is 2.47. The Morgan fingerprint density at radius 3 is 2.50 bits per heavy atom. The molecule has 5 rings (SSSR count). The molecule has 1 saturated heterocycles. The normalized spacial score (nSPS) is 16.2. The summed E-state index contributed by atoms with van der Waals surface area (Å²) in [6.07, 6.45) is 0.